The Kier molecular flexibility index (Phi) is 3.24. The smallest absolute Gasteiger partial charge is 0.275 e. The van der Waals surface area contributed by atoms with Gasteiger partial charge >= 0.3 is 6.18 Å². The Morgan fingerprint density at radius 2 is 2.14 bits per heavy atom. The summed E-state index contributed by atoms with van der Waals surface area (Å²) in [5.74, 6) is 0. The number of hydrogen-bond acceptors (Lipinski definition) is 1. The van der Waals surface area contributed by atoms with Crippen LogP contribution in [0.25, 0.3) is 0 Å². The standard InChI is InChI=1S/C8H10BrF3N2/c1-5(9)3-6-4-14(2)13-7(6)8(10,11)12/h4-5H,3H2,1-2H3. The highest BCUT2D eigenvalue weighted by molar-refractivity contribution is 9.09. The van der Waals surface area contributed by atoms with Gasteiger partial charge in [0.05, 0.1) is 0 Å². The van der Waals surface area contributed by atoms with Crippen LogP contribution in [-0.4, -0.2) is 14.6 Å². The van der Waals surface area contributed by atoms with Crippen LogP contribution in [0.2, 0.25) is 0 Å². The van der Waals surface area contributed by atoms with E-state index in [9.17, 15) is 13.2 Å². The Hall–Kier alpha value is -0.520. The molecule has 0 fully saturated rings. The zero-order valence-corrected chi connectivity index (χ0v) is 9.35. The minimum Gasteiger partial charge on any atom is -0.275 e. The molecule has 0 aliphatic carbocycles. The predicted octanol–water partition coefficient (Wildman–Crippen LogP) is 2.76. The van der Waals surface area contributed by atoms with Crippen molar-refractivity contribution in [3.8, 4) is 0 Å². The second kappa shape index (κ2) is 3.92. The van der Waals surface area contributed by atoms with Gasteiger partial charge in [0.25, 0.3) is 0 Å². The molecule has 0 spiro atoms. The van der Waals surface area contributed by atoms with E-state index in [0.717, 1.165) is 0 Å². The first-order valence-electron chi connectivity index (χ1n) is 4.04. The second-order valence-corrected chi connectivity index (χ2v) is 4.72. The summed E-state index contributed by atoms with van der Waals surface area (Å²) in [7, 11) is 1.48. The second-order valence-electron chi connectivity index (χ2n) is 3.16. The monoisotopic (exact) mass is 270 g/mol. The van der Waals surface area contributed by atoms with Crippen molar-refractivity contribution < 1.29 is 13.2 Å². The molecule has 0 aromatic carbocycles. The summed E-state index contributed by atoms with van der Waals surface area (Å²) in [6.45, 7) is 1.80. The van der Waals surface area contributed by atoms with Gasteiger partial charge < -0.3 is 0 Å². The highest BCUT2D eigenvalue weighted by Gasteiger charge is 2.36. The molecule has 0 N–H and O–H groups in total. The molecule has 0 saturated carbocycles. The van der Waals surface area contributed by atoms with Gasteiger partial charge in [0, 0.05) is 23.6 Å². The molecule has 0 bridgehead atoms. The highest BCUT2D eigenvalue weighted by Crippen LogP contribution is 2.31. The Morgan fingerprint density at radius 1 is 1.57 bits per heavy atom. The van der Waals surface area contributed by atoms with Gasteiger partial charge in [0.2, 0.25) is 0 Å². The van der Waals surface area contributed by atoms with E-state index in [1.807, 2.05) is 0 Å². The first-order chi connectivity index (χ1) is 6.30. The van der Waals surface area contributed by atoms with Gasteiger partial charge in [-0.15, -0.1) is 0 Å². The number of aryl methyl sites for hydroxylation is 1. The van der Waals surface area contributed by atoms with E-state index in [2.05, 4.69) is 21.0 Å². The minimum absolute atomic E-state index is 0.00722. The van der Waals surface area contributed by atoms with E-state index in [1.165, 1.54) is 17.9 Å². The molecule has 1 unspecified atom stereocenters. The maximum atomic E-state index is 12.4. The van der Waals surface area contributed by atoms with Gasteiger partial charge in [0.1, 0.15) is 0 Å². The molecular weight excluding hydrogens is 261 g/mol. The van der Waals surface area contributed by atoms with Crippen LogP contribution in [-0.2, 0) is 19.6 Å². The van der Waals surface area contributed by atoms with Gasteiger partial charge in [-0.25, -0.2) is 0 Å². The van der Waals surface area contributed by atoms with Crippen molar-refractivity contribution in [2.24, 2.45) is 7.05 Å². The topological polar surface area (TPSA) is 17.8 Å². The highest BCUT2D eigenvalue weighted by atomic mass is 79.9. The average molecular weight is 271 g/mol. The van der Waals surface area contributed by atoms with Gasteiger partial charge in [0.15, 0.2) is 5.69 Å². The summed E-state index contributed by atoms with van der Waals surface area (Å²) in [5, 5.41) is 3.41. The van der Waals surface area contributed by atoms with Crippen LogP contribution in [0.3, 0.4) is 0 Å². The van der Waals surface area contributed by atoms with Gasteiger partial charge in [-0.05, 0) is 6.42 Å². The molecule has 6 heteroatoms. The van der Waals surface area contributed by atoms with Crippen molar-refractivity contribution in [3.05, 3.63) is 17.5 Å². The fourth-order valence-corrected chi connectivity index (χ4v) is 1.58. The molecule has 80 valence electrons. The molecule has 1 aromatic rings. The number of alkyl halides is 4. The van der Waals surface area contributed by atoms with E-state index < -0.39 is 11.9 Å². The lowest BCUT2D eigenvalue weighted by Crippen LogP contribution is -2.11. The number of aromatic nitrogens is 2. The van der Waals surface area contributed by atoms with Crippen molar-refractivity contribution in [3.63, 3.8) is 0 Å². The van der Waals surface area contributed by atoms with Crippen molar-refractivity contribution in [2.45, 2.75) is 24.3 Å². The van der Waals surface area contributed by atoms with E-state index in [0.29, 0.717) is 6.42 Å². The van der Waals surface area contributed by atoms with Crippen molar-refractivity contribution >= 4 is 15.9 Å². The van der Waals surface area contributed by atoms with E-state index >= 15 is 0 Å². The number of hydrogen-bond donors (Lipinski definition) is 0. The van der Waals surface area contributed by atoms with Crippen LogP contribution < -0.4 is 0 Å². The summed E-state index contributed by atoms with van der Waals surface area (Å²) in [5.41, 5.74) is -0.560. The lowest BCUT2D eigenvalue weighted by Gasteiger charge is -2.06. The van der Waals surface area contributed by atoms with Gasteiger partial charge in [-0.2, -0.15) is 18.3 Å². The third-order valence-corrected chi connectivity index (χ3v) is 2.00. The summed E-state index contributed by atoms with van der Waals surface area (Å²) in [6, 6.07) is 0. The van der Waals surface area contributed by atoms with Crippen LogP contribution >= 0.6 is 15.9 Å². The largest absolute Gasteiger partial charge is 0.435 e. The van der Waals surface area contributed by atoms with Crippen molar-refractivity contribution in [1.29, 1.82) is 0 Å². The molecule has 2 nitrogen and oxygen atoms in total. The van der Waals surface area contributed by atoms with Gasteiger partial charge in [-0.1, -0.05) is 22.9 Å². The zero-order valence-electron chi connectivity index (χ0n) is 7.77. The number of halogens is 4. The molecule has 0 aliphatic heterocycles. The van der Waals surface area contributed by atoms with E-state index in [-0.39, 0.29) is 10.4 Å². The van der Waals surface area contributed by atoms with Crippen molar-refractivity contribution in [1.82, 2.24) is 9.78 Å². The van der Waals surface area contributed by atoms with Crippen LogP contribution in [0, 0.1) is 0 Å². The fourth-order valence-electron chi connectivity index (χ4n) is 1.23. The molecule has 1 atom stereocenters. The fraction of sp³-hybridized carbons (Fsp3) is 0.625. The Balaban J connectivity index is 3.03. The third kappa shape index (κ3) is 2.73. The van der Waals surface area contributed by atoms with Crippen LogP contribution in [0.4, 0.5) is 13.2 Å². The Bertz CT molecular complexity index is 317. The lowest BCUT2D eigenvalue weighted by molar-refractivity contribution is -0.142. The molecule has 0 amide bonds. The zero-order chi connectivity index (χ0) is 10.9. The molecular formula is C8H10BrF3N2. The third-order valence-electron chi connectivity index (χ3n) is 1.67. The summed E-state index contributed by atoms with van der Waals surface area (Å²) in [4.78, 5) is 0.00722. The average Bonchev–Trinajstić information content (AvgIpc) is 2.28. The minimum atomic E-state index is -4.36. The van der Waals surface area contributed by atoms with E-state index in [1.54, 1.807) is 6.92 Å². The first kappa shape index (κ1) is 11.6. The van der Waals surface area contributed by atoms with Crippen molar-refractivity contribution in [2.75, 3.05) is 0 Å². The number of nitrogens with zero attached hydrogens (tertiary/aromatic N) is 2. The summed E-state index contributed by atoms with van der Waals surface area (Å²) >= 11 is 3.22. The molecule has 1 aromatic heterocycles. The summed E-state index contributed by atoms with van der Waals surface area (Å²) in [6.07, 6.45) is -2.64. The molecule has 0 saturated heterocycles. The molecule has 1 rings (SSSR count). The van der Waals surface area contributed by atoms with Crippen LogP contribution in [0.5, 0.6) is 0 Å². The Morgan fingerprint density at radius 3 is 2.57 bits per heavy atom. The summed E-state index contributed by atoms with van der Waals surface area (Å²) < 4.78 is 38.5. The molecule has 1 heterocycles. The number of rotatable bonds is 2. The maximum Gasteiger partial charge on any atom is 0.435 e. The molecule has 0 radical (unpaired) electrons. The Labute approximate surface area is 88.2 Å². The lowest BCUT2D eigenvalue weighted by atomic mass is 10.1. The molecule has 14 heavy (non-hydrogen) atoms. The SMILES string of the molecule is CC(Br)Cc1cn(C)nc1C(F)(F)F. The first-order valence-corrected chi connectivity index (χ1v) is 4.96. The van der Waals surface area contributed by atoms with Gasteiger partial charge in [-0.3, -0.25) is 4.68 Å². The van der Waals surface area contributed by atoms with Crippen LogP contribution in [0.15, 0.2) is 6.20 Å². The maximum absolute atomic E-state index is 12.4. The molecule has 0 aliphatic rings. The predicted molar refractivity (Wildman–Crippen MR) is 50.3 cm³/mol. The normalized spacial score (nSPS) is 14.4. The van der Waals surface area contributed by atoms with Crippen LogP contribution in [0.1, 0.15) is 18.2 Å². The van der Waals surface area contributed by atoms with E-state index in [4.69, 9.17) is 0 Å². The quantitative estimate of drug-likeness (QED) is 0.756.